The van der Waals surface area contributed by atoms with Crippen molar-refractivity contribution in [1.82, 2.24) is 5.32 Å². The minimum atomic E-state index is -1.23. The normalized spacial score (nSPS) is 12.1. The summed E-state index contributed by atoms with van der Waals surface area (Å²) in [5, 5.41) is 11.9. The Kier molecular flexibility index (Phi) is 6.34. The summed E-state index contributed by atoms with van der Waals surface area (Å²) >= 11 is 0. The SMILES string of the molecule is CC(C)(C)OC(=O)NC(Cc1c(C=O)cccc1-c1ccccc1)C(=O)O. The van der Waals surface area contributed by atoms with Crippen LogP contribution in [0.5, 0.6) is 0 Å². The lowest BCUT2D eigenvalue weighted by molar-refractivity contribution is -0.139. The molecule has 2 aromatic carbocycles. The monoisotopic (exact) mass is 369 g/mol. The first kappa shape index (κ1) is 20.2. The summed E-state index contributed by atoms with van der Waals surface area (Å²) in [4.78, 5) is 35.2. The number of carboxylic acids is 1. The van der Waals surface area contributed by atoms with Crippen LogP contribution >= 0.6 is 0 Å². The van der Waals surface area contributed by atoms with Gasteiger partial charge < -0.3 is 15.2 Å². The number of carbonyl (C=O) groups is 3. The van der Waals surface area contributed by atoms with Crippen molar-refractivity contribution < 1.29 is 24.2 Å². The standard InChI is InChI=1S/C21H23NO5/c1-21(2,3)27-20(26)22-18(19(24)25)12-17-15(13-23)10-7-11-16(17)14-8-5-4-6-9-14/h4-11,13,18H,12H2,1-3H3,(H,22,26)(H,24,25). The fourth-order valence-electron chi connectivity index (χ4n) is 2.69. The van der Waals surface area contributed by atoms with Crippen molar-refractivity contribution in [3.05, 3.63) is 59.7 Å². The van der Waals surface area contributed by atoms with Gasteiger partial charge in [-0.05, 0) is 37.5 Å². The van der Waals surface area contributed by atoms with E-state index in [1.54, 1.807) is 32.9 Å². The molecule has 0 aliphatic heterocycles. The van der Waals surface area contributed by atoms with Gasteiger partial charge in [0.1, 0.15) is 17.9 Å². The van der Waals surface area contributed by atoms with Gasteiger partial charge >= 0.3 is 12.1 Å². The number of carboxylic acid groups (broad SMARTS) is 1. The quantitative estimate of drug-likeness (QED) is 0.758. The third kappa shape index (κ3) is 5.67. The van der Waals surface area contributed by atoms with Gasteiger partial charge in [-0.15, -0.1) is 0 Å². The Bertz CT molecular complexity index is 824. The predicted octanol–water partition coefficient (Wildman–Crippen LogP) is 3.69. The highest BCUT2D eigenvalue weighted by Gasteiger charge is 2.26. The molecule has 0 saturated heterocycles. The molecule has 0 bridgehead atoms. The molecular weight excluding hydrogens is 346 g/mol. The van der Waals surface area contributed by atoms with E-state index >= 15 is 0 Å². The molecule has 1 atom stereocenters. The van der Waals surface area contributed by atoms with Gasteiger partial charge in [0, 0.05) is 12.0 Å². The summed E-state index contributed by atoms with van der Waals surface area (Å²) in [5.41, 5.74) is 1.80. The third-order valence-corrected chi connectivity index (χ3v) is 3.82. The Hall–Kier alpha value is -3.15. The number of hydrogen-bond acceptors (Lipinski definition) is 4. The zero-order valence-corrected chi connectivity index (χ0v) is 15.6. The Morgan fingerprint density at radius 3 is 2.33 bits per heavy atom. The summed E-state index contributed by atoms with van der Waals surface area (Å²) in [6.07, 6.45) is -0.179. The molecule has 2 aromatic rings. The van der Waals surface area contributed by atoms with Crippen LogP contribution < -0.4 is 5.32 Å². The largest absolute Gasteiger partial charge is 0.480 e. The summed E-state index contributed by atoms with van der Waals surface area (Å²) in [6.45, 7) is 5.08. The van der Waals surface area contributed by atoms with Crippen LogP contribution in [0.15, 0.2) is 48.5 Å². The molecular formula is C21H23NO5. The van der Waals surface area contributed by atoms with Crippen molar-refractivity contribution in [3.63, 3.8) is 0 Å². The Morgan fingerprint density at radius 1 is 1.11 bits per heavy atom. The zero-order valence-electron chi connectivity index (χ0n) is 15.6. The number of alkyl carbamates (subject to hydrolysis) is 1. The number of hydrogen-bond donors (Lipinski definition) is 2. The number of aldehydes is 1. The van der Waals surface area contributed by atoms with E-state index in [-0.39, 0.29) is 6.42 Å². The van der Waals surface area contributed by atoms with Crippen molar-refractivity contribution in [2.45, 2.75) is 38.8 Å². The summed E-state index contributed by atoms with van der Waals surface area (Å²) in [7, 11) is 0. The molecule has 0 aliphatic carbocycles. The molecule has 27 heavy (non-hydrogen) atoms. The molecule has 2 rings (SSSR count). The van der Waals surface area contributed by atoms with Crippen molar-refractivity contribution in [3.8, 4) is 11.1 Å². The van der Waals surface area contributed by atoms with Gasteiger partial charge in [0.15, 0.2) is 0 Å². The summed E-state index contributed by atoms with van der Waals surface area (Å²) < 4.78 is 5.14. The van der Waals surface area contributed by atoms with E-state index in [9.17, 15) is 19.5 Å². The summed E-state index contributed by atoms with van der Waals surface area (Å²) in [5.74, 6) is -1.21. The van der Waals surface area contributed by atoms with Crippen LogP contribution in [0, 0.1) is 0 Å². The van der Waals surface area contributed by atoms with Gasteiger partial charge in [-0.25, -0.2) is 9.59 Å². The van der Waals surface area contributed by atoms with Gasteiger partial charge in [-0.2, -0.15) is 0 Å². The lowest BCUT2D eigenvalue weighted by Crippen LogP contribution is -2.44. The Balaban J connectivity index is 2.36. The van der Waals surface area contributed by atoms with Gasteiger partial charge in [0.25, 0.3) is 0 Å². The van der Waals surface area contributed by atoms with Gasteiger partial charge in [0.05, 0.1) is 0 Å². The highest BCUT2D eigenvalue weighted by molar-refractivity contribution is 5.85. The van der Waals surface area contributed by atoms with Crippen molar-refractivity contribution in [2.75, 3.05) is 0 Å². The molecule has 6 heteroatoms. The summed E-state index contributed by atoms with van der Waals surface area (Å²) in [6, 6.07) is 13.3. The van der Waals surface area contributed by atoms with E-state index in [4.69, 9.17) is 4.74 Å². The molecule has 0 saturated carbocycles. The second-order valence-corrected chi connectivity index (χ2v) is 7.10. The molecule has 0 aliphatic rings. The fraction of sp³-hybridized carbons (Fsp3) is 0.286. The first-order chi connectivity index (χ1) is 12.7. The van der Waals surface area contributed by atoms with Crippen LogP contribution in [0.2, 0.25) is 0 Å². The predicted molar refractivity (Wildman–Crippen MR) is 102 cm³/mol. The number of aliphatic carboxylic acids is 1. The van der Waals surface area contributed by atoms with Gasteiger partial charge in [-0.3, -0.25) is 4.79 Å². The minimum Gasteiger partial charge on any atom is -0.480 e. The maximum Gasteiger partial charge on any atom is 0.408 e. The zero-order chi connectivity index (χ0) is 20.0. The van der Waals surface area contributed by atoms with Crippen molar-refractivity contribution in [2.24, 2.45) is 0 Å². The lowest BCUT2D eigenvalue weighted by Gasteiger charge is -2.23. The molecule has 6 nitrogen and oxygen atoms in total. The number of nitrogens with one attached hydrogen (secondary N) is 1. The van der Waals surface area contributed by atoms with Crippen LogP contribution in [0.4, 0.5) is 4.79 Å². The van der Waals surface area contributed by atoms with Crippen LogP contribution in [0.3, 0.4) is 0 Å². The molecule has 0 aromatic heterocycles. The minimum absolute atomic E-state index is 0.0479. The van der Waals surface area contributed by atoms with E-state index in [2.05, 4.69) is 5.32 Å². The highest BCUT2D eigenvalue weighted by atomic mass is 16.6. The maximum absolute atomic E-state index is 12.0. The van der Waals surface area contributed by atoms with Gasteiger partial charge in [0.2, 0.25) is 0 Å². The second kappa shape index (κ2) is 8.49. The first-order valence-electron chi connectivity index (χ1n) is 8.56. The smallest absolute Gasteiger partial charge is 0.408 e. The number of amides is 1. The highest BCUT2D eigenvalue weighted by Crippen LogP contribution is 2.27. The molecule has 0 heterocycles. The lowest BCUT2D eigenvalue weighted by atomic mass is 9.91. The number of carbonyl (C=O) groups excluding carboxylic acids is 2. The number of ether oxygens (including phenoxy) is 1. The van der Waals surface area contributed by atoms with Crippen LogP contribution in [0.1, 0.15) is 36.7 Å². The molecule has 1 amide bonds. The molecule has 2 N–H and O–H groups in total. The second-order valence-electron chi connectivity index (χ2n) is 7.10. The van der Waals surface area contributed by atoms with Crippen molar-refractivity contribution in [1.29, 1.82) is 0 Å². The average molecular weight is 369 g/mol. The molecule has 0 radical (unpaired) electrons. The van der Waals surface area contributed by atoms with Crippen LogP contribution in [0.25, 0.3) is 11.1 Å². The first-order valence-corrected chi connectivity index (χ1v) is 8.56. The Labute approximate surface area is 158 Å². The van der Waals surface area contributed by atoms with E-state index in [0.29, 0.717) is 17.4 Å². The molecule has 0 spiro atoms. The molecule has 0 fully saturated rings. The maximum atomic E-state index is 12.0. The molecule has 1 unspecified atom stereocenters. The van der Waals surface area contributed by atoms with Crippen LogP contribution in [-0.2, 0) is 16.0 Å². The van der Waals surface area contributed by atoms with E-state index in [1.165, 1.54) is 0 Å². The topological polar surface area (TPSA) is 92.7 Å². The Morgan fingerprint density at radius 2 is 1.78 bits per heavy atom. The average Bonchev–Trinajstić information content (AvgIpc) is 2.60. The number of rotatable bonds is 6. The third-order valence-electron chi connectivity index (χ3n) is 3.82. The van der Waals surface area contributed by atoms with Crippen LogP contribution in [-0.4, -0.2) is 35.1 Å². The fourth-order valence-corrected chi connectivity index (χ4v) is 2.69. The van der Waals surface area contributed by atoms with Gasteiger partial charge in [-0.1, -0.05) is 48.5 Å². The van der Waals surface area contributed by atoms with E-state index in [0.717, 1.165) is 11.1 Å². The molecule has 142 valence electrons. The number of benzene rings is 2. The van der Waals surface area contributed by atoms with Crippen molar-refractivity contribution >= 4 is 18.3 Å². The van der Waals surface area contributed by atoms with E-state index < -0.39 is 23.7 Å². The van der Waals surface area contributed by atoms with E-state index in [1.807, 2.05) is 36.4 Å².